The zero-order valence-electron chi connectivity index (χ0n) is 14.3. The van der Waals surface area contributed by atoms with Crippen molar-refractivity contribution >= 4 is 28.0 Å². The molecule has 0 saturated carbocycles. The van der Waals surface area contributed by atoms with Crippen molar-refractivity contribution in [1.82, 2.24) is 9.97 Å². The minimum absolute atomic E-state index is 0.0370. The van der Waals surface area contributed by atoms with Crippen LogP contribution < -0.4 is 10.2 Å². The third kappa shape index (κ3) is 4.18. The summed E-state index contributed by atoms with van der Waals surface area (Å²) in [6, 6.07) is 14.8. The fourth-order valence-electron chi connectivity index (χ4n) is 2.33. The quantitative estimate of drug-likeness (QED) is 0.480. The Balaban J connectivity index is 1.81. The van der Waals surface area contributed by atoms with Gasteiger partial charge in [-0.1, -0.05) is 34.1 Å². The van der Waals surface area contributed by atoms with E-state index >= 15 is 0 Å². The zero-order valence-corrected chi connectivity index (χ0v) is 15.9. The van der Waals surface area contributed by atoms with Gasteiger partial charge in [-0.15, -0.1) is 0 Å². The molecule has 0 radical (unpaired) electrons. The number of hydrazone groups is 1. The van der Waals surface area contributed by atoms with Crippen molar-refractivity contribution in [2.75, 3.05) is 12.5 Å². The molecule has 2 aromatic carbocycles. The Morgan fingerprint density at radius 2 is 1.92 bits per heavy atom. The first kappa shape index (κ1) is 17.9. The number of anilines is 1. The monoisotopic (exact) mass is 412 g/mol. The van der Waals surface area contributed by atoms with Crippen LogP contribution in [0.4, 0.5) is 5.82 Å². The SMILES string of the molecule is COc1cccc(C=NNc2cc(C)nc(-c3ccc(Br)cc3)n2)c1O. The fourth-order valence-corrected chi connectivity index (χ4v) is 2.59. The van der Waals surface area contributed by atoms with Crippen LogP contribution in [0.1, 0.15) is 11.3 Å². The maximum Gasteiger partial charge on any atom is 0.166 e. The summed E-state index contributed by atoms with van der Waals surface area (Å²) in [7, 11) is 1.50. The molecular weight excluding hydrogens is 396 g/mol. The molecule has 3 aromatic rings. The number of nitrogens with zero attached hydrogens (tertiary/aromatic N) is 3. The lowest BCUT2D eigenvalue weighted by Gasteiger charge is -2.07. The van der Waals surface area contributed by atoms with Crippen molar-refractivity contribution < 1.29 is 9.84 Å². The van der Waals surface area contributed by atoms with Gasteiger partial charge < -0.3 is 9.84 Å². The van der Waals surface area contributed by atoms with Gasteiger partial charge in [0.2, 0.25) is 0 Å². The molecule has 0 spiro atoms. The van der Waals surface area contributed by atoms with Crippen LogP contribution >= 0.6 is 15.9 Å². The van der Waals surface area contributed by atoms with Crippen LogP contribution in [0.3, 0.4) is 0 Å². The Bertz CT molecular complexity index is 943. The Labute approximate surface area is 159 Å². The molecule has 26 heavy (non-hydrogen) atoms. The first-order chi connectivity index (χ1) is 12.6. The number of hydrogen-bond donors (Lipinski definition) is 2. The van der Waals surface area contributed by atoms with Crippen molar-refractivity contribution in [3.05, 3.63) is 64.3 Å². The Morgan fingerprint density at radius 1 is 1.15 bits per heavy atom. The first-order valence-corrected chi connectivity index (χ1v) is 8.63. The number of methoxy groups -OCH3 is 1. The molecule has 0 aliphatic rings. The highest BCUT2D eigenvalue weighted by molar-refractivity contribution is 9.10. The molecule has 0 bridgehead atoms. The number of aromatic hydroxyl groups is 1. The lowest BCUT2D eigenvalue weighted by atomic mass is 10.2. The molecule has 1 aromatic heterocycles. The molecule has 0 fully saturated rings. The van der Waals surface area contributed by atoms with E-state index in [1.807, 2.05) is 31.2 Å². The van der Waals surface area contributed by atoms with Crippen molar-refractivity contribution in [3.63, 3.8) is 0 Å². The number of phenolic OH excluding ortho intramolecular Hbond substituents is 1. The molecule has 0 aliphatic heterocycles. The molecular formula is C19H17BrN4O2. The third-order valence-electron chi connectivity index (χ3n) is 3.59. The van der Waals surface area contributed by atoms with Gasteiger partial charge in [-0.05, 0) is 31.2 Å². The summed E-state index contributed by atoms with van der Waals surface area (Å²) < 4.78 is 6.08. The normalized spacial score (nSPS) is 10.9. The van der Waals surface area contributed by atoms with E-state index in [4.69, 9.17) is 4.74 Å². The summed E-state index contributed by atoms with van der Waals surface area (Å²) in [6.07, 6.45) is 1.51. The second-order valence-corrected chi connectivity index (χ2v) is 6.41. The Morgan fingerprint density at radius 3 is 2.65 bits per heavy atom. The molecule has 0 amide bonds. The van der Waals surface area contributed by atoms with Gasteiger partial charge in [0.1, 0.15) is 0 Å². The highest BCUT2D eigenvalue weighted by Crippen LogP contribution is 2.28. The van der Waals surface area contributed by atoms with Gasteiger partial charge in [0.15, 0.2) is 23.1 Å². The van der Waals surface area contributed by atoms with E-state index in [1.54, 1.807) is 24.3 Å². The summed E-state index contributed by atoms with van der Waals surface area (Å²) in [6.45, 7) is 1.90. The number of ether oxygens (including phenoxy) is 1. The summed E-state index contributed by atoms with van der Waals surface area (Å²) in [5.41, 5.74) is 5.15. The van der Waals surface area contributed by atoms with Gasteiger partial charge in [-0.25, -0.2) is 9.97 Å². The largest absolute Gasteiger partial charge is 0.504 e. The summed E-state index contributed by atoms with van der Waals surface area (Å²) in [5.74, 6) is 1.60. The molecule has 0 unspecified atom stereocenters. The fraction of sp³-hybridized carbons (Fsp3) is 0.105. The minimum atomic E-state index is 0.0370. The summed E-state index contributed by atoms with van der Waals surface area (Å²) in [4.78, 5) is 8.94. The van der Waals surface area contributed by atoms with Gasteiger partial charge in [0.25, 0.3) is 0 Å². The highest BCUT2D eigenvalue weighted by atomic mass is 79.9. The first-order valence-electron chi connectivity index (χ1n) is 7.83. The van der Waals surface area contributed by atoms with E-state index in [9.17, 15) is 5.11 Å². The predicted molar refractivity (Wildman–Crippen MR) is 106 cm³/mol. The van der Waals surface area contributed by atoms with Crippen molar-refractivity contribution in [2.45, 2.75) is 6.92 Å². The molecule has 132 valence electrons. The van der Waals surface area contributed by atoms with E-state index in [2.05, 4.69) is 36.4 Å². The van der Waals surface area contributed by atoms with Crippen LogP contribution in [0.5, 0.6) is 11.5 Å². The van der Waals surface area contributed by atoms with Crippen molar-refractivity contribution in [1.29, 1.82) is 0 Å². The van der Waals surface area contributed by atoms with Crippen LogP contribution in [0.15, 0.2) is 58.1 Å². The molecule has 1 heterocycles. The topological polar surface area (TPSA) is 79.6 Å². The number of aromatic nitrogens is 2. The summed E-state index contributed by atoms with van der Waals surface area (Å²) >= 11 is 3.42. The number of rotatable bonds is 5. The highest BCUT2D eigenvalue weighted by Gasteiger charge is 2.06. The average molecular weight is 413 g/mol. The second kappa shape index (κ2) is 7.97. The number of halogens is 1. The number of hydrogen-bond acceptors (Lipinski definition) is 6. The van der Waals surface area contributed by atoms with Gasteiger partial charge in [-0.3, -0.25) is 5.43 Å². The van der Waals surface area contributed by atoms with Crippen LogP contribution in [0.2, 0.25) is 0 Å². The molecule has 6 nitrogen and oxygen atoms in total. The molecule has 0 aliphatic carbocycles. The number of nitrogens with one attached hydrogen (secondary N) is 1. The molecule has 2 N–H and O–H groups in total. The average Bonchev–Trinajstić information content (AvgIpc) is 2.63. The van der Waals surface area contributed by atoms with E-state index in [0.717, 1.165) is 15.7 Å². The van der Waals surface area contributed by atoms with Gasteiger partial charge in [-0.2, -0.15) is 5.10 Å². The lowest BCUT2D eigenvalue weighted by molar-refractivity contribution is 0.373. The van der Waals surface area contributed by atoms with E-state index < -0.39 is 0 Å². The van der Waals surface area contributed by atoms with Crippen LogP contribution in [0, 0.1) is 6.92 Å². The number of benzene rings is 2. The smallest absolute Gasteiger partial charge is 0.166 e. The molecule has 0 atom stereocenters. The number of phenols is 1. The lowest BCUT2D eigenvalue weighted by Crippen LogP contribution is -1.99. The number of aryl methyl sites for hydroxylation is 1. The van der Waals surface area contributed by atoms with Crippen LogP contribution in [-0.4, -0.2) is 28.4 Å². The molecule has 0 saturated heterocycles. The second-order valence-electron chi connectivity index (χ2n) is 5.49. The molecule has 3 rings (SSSR count). The van der Waals surface area contributed by atoms with E-state index in [0.29, 0.717) is 23.0 Å². The molecule has 7 heteroatoms. The number of para-hydroxylation sites is 1. The van der Waals surface area contributed by atoms with Gasteiger partial charge in [0, 0.05) is 27.4 Å². The van der Waals surface area contributed by atoms with E-state index in [-0.39, 0.29) is 5.75 Å². The van der Waals surface area contributed by atoms with Crippen molar-refractivity contribution in [2.24, 2.45) is 5.10 Å². The van der Waals surface area contributed by atoms with E-state index in [1.165, 1.54) is 13.3 Å². The van der Waals surface area contributed by atoms with Crippen LogP contribution in [-0.2, 0) is 0 Å². The maximum absolute atomic E-state index is 10.1. The van der Waals surface area contributed by atoms with Gasteiger partial charge >= 0.3 is 0 Å². The van der Waals surface area contributed by atoms with Crippen molar-refractivity contribution in [3.8, 4) is 22.9 Å². The summed E-state index contributed by atoms with van der Waals surface area (Å²) in [5, 5.41) is 14.2. The maximum atomic E-state index is 10.1. The minimum Gasteiger partial charge on any atom is -0.504 e. The van der Waals surface area contributed by atoms with Crippen LogP contribution in [0.25, 0.3) is 11.4 Å². The predicted octanol–water partition coefficient (Wildman–Crippen LogP) is 4.37. The van der Waals surface area contributed by atoms with Gasteiger partial charge in [0.05, 0.1) is 13.3 Å². The zero-order chi connectivity index (χ0) is 18.5. The standard InChI is InChI=1S/C19H17BrN4O2/c1-12-10-17(23-19(22-12)13-6-8-15(20)9-7-13)24-21-11-14-4-3-5-16(26-2)18(14)25/h3-11,25H,1-2H3,(H,22,23,24). The Hall–Kier alpha value is -2.93. The Kier molecular flexibility index (Phi) is 5.48. The third-order valence-corrected chi connectivity index (χ3v) is 4.12.